The fourth-order valence-electron chi connectivity index (χ4n) is 2.02. The first-order chi connectivity index (χ1) is 8.45. The number of pyridine rings is 1. The van der Waals surface area contributed by atoms with E-state index in [2.05, 4.69) is 4.98 Å². The second-order valence-electron chi connectivity index (χ2n) is 4.51. The lowest BCUT2D eigenvalue weighted by Gasteiger charge is -2.26. The molecule has 0 amide bonds. The molecular weight excluding hydrogens is 245 g/mol. The zero-order chi connectivity index (χ0) is 13.2. The lowest BCUT2D eigenvalue weighted by atomic mass is 9.94. The van der Waals surface area contributed by atoms with Gasteiger partial charge in [-0.25, -0.2) is 4.98 Å². The quantitative estimate of drug-likeness (QED) is 0.889. The fourth-order valence-corrected chi connectivity index (χ4v) is 2.02. The van der Waals surface area contributed by atoms with Crippen LogP contribution in [0.4, 0.5) is 13.2 Å². The number of nitrogens with two attached hydrogens (primary N) is 1. The van der Waals surface area contributed by atoms with Gasteiger partial charge in [-0.2, -0.15) is 13.2 Å². The van der Waals surface area contributed by atoms with Gasteiger partial charge in [0.2, 0.25) is 5.88 Å². The number of alkyl halides is 3. The van der Waals surface area contributed by atoms with E-state index in [0.717, 1.165) is 31.7 Å². The van der Waals surface area contributed by atoms with Gasteiger partial charge in [0.1, 0.15) is 11.8 Å². The molecule has 0 spiro atoms. The second kappa shape index (κ2) is 5.14. The maximum Gasteiger partial charge on any atom is 0.433 e. The highest BCUT2D eigenvalue weighted by Gasteiger charge is 2.33. The Hall–Kier alpha value is -1.30. The Kier molecular flexibility index (Phi) is 3.75. The molecular formula is C12H15F3N2O. The highest BCUT2D eigenvalue weighted by Crippen LogP contribution is 2.29. The highest BCUT2D eigenvalue weighted by molar-refractivity contribution is 5.18. The summed E-state index contributed by atoms with van der Waals surface area (Å²) in [7, 11) is 0. The standard InChI is InChI=1S/C12H15F3N2O/c13-12(14,15)10-2-1-3-11(17-10)18-9-6-4-8(16)5-7-9/h1-3,8-9H,4-7,16H2. The third-order valence-corrected chi connectivity index (χ3v) is 3.02. The molecule has 1 heterocycles. The number of hydrogen-bond acceptors (Lipinski definition) is 3. The van der Waals surface area contributed by atoms with Crippen molar-refractivity contribution in [3.8, 4) is 5.88 Å². The maximum absolute atomic E-state index is 12.5. The monoisotopic (exact) mass is 260 g/mol. The molecule has 3 nitrogen and oxygen atoms in total. The Morgan fingerprint density at radius 2 is 1.83 bits per heavy atom. The van der Waals surface area contributed by atoms with E-state index in [-0.39, 0.29) is 18.0 Å². The van der Waals surface area contributed by atoms with Crippen LogP contribution in [0.15, 0.2) is 18.2 Å². The number of rotatable bonds is 2. The van der Waals surface area contributed by atoms with Gasteiger partial charge in [-0.15, -0.1) is 0 Å². The largest absolute Gasteiger partial charge is 0.474 e. The Bertz CT molecular complexity index is 401. The molecule has 0 unspecified atom stereocenters. The molecule has 1 saturated carbocycles. The van der Waals surface area contributed by atoms with E-state index in [9.17, 15) is 13.2 Å². The van der Waals surface area contributed by atoms with E-state index in [4.69, 9.17) is 10.5 Å². The van der Waals surface area contributed by atoms with Crippen LogP contribution in [0.5, 0.6) is 5.88 Å². The minimum atomic E-state index is -4.44. The van der Waals surface area contributed by atoms with Crippen molar-refractivity contribution in [1.82, 2.24) is 4.98 Å². The zero-order valence-corrected chi connectivity index (χ0v) is 9.78. The van der Waals surface area contributed by atoms with Crippen molar-refractivity contribution in [2.75, 3.05) is 0 Å². The summed E-state index contributed by atoms with van der Waals surface area (Å²) in [6.07, 6.45) is -1.32. The minimum Gasteiger partial charge on any atom is -0.474 e. The summed E-state index contributed by atoms with van der Waals surface area (Å²) in [6, 6.07) is 3.87. The third-order valence-electron chi connectivity index (χ3n) is 3.02. The Morgan fingerprint density at radius 1 is 1.17 bits per heavy atom. The van der Waals surface area contributed by atoms with Crippen LogP contribution < -0.4 is 10.5 Å². The van der Waals surface area contributed by atoms with Gasteiger partial charge in [-0.05, 0) is 31.7 Å². The van der Waals surface area contributed by atoms with Gasteiger partial charge in [0, 0.05) is 12.1 Å². The number of nitrogens with zero attached hydrogens (tertiary/aromatic N) is 1. The van der Waals surface area contributed by atoms with Crippen molar-refractivity contribution in [3.05, 3.63) is 23.9 Å². The molecule has 1 aliphatic carbocycles. The summed E-state index contributed by atoms with van der Waals surface area (Å²) in [5, 5.41) is 0. The van der Waals surface area contributed by atoms with Crippen molar-refractivity contribution in [1.29, 1.82) is 0 Å². The smallest absolute Gasteiger partial charge is 0.433 e. The lowest BCUT2D eigenvalue weighted by molar-refractivity contribution is -0.141. The van der Waals surface area contributed by atoms with E-state index in [1.54, 1.807) is 0 Å². The SMILES string of the molecule is NC1CCC(Oc2cccc(C(F)(F)F)n2)CC1. The van der Waals surface area contributed by atoms with E-state index in [1.165, 1.54) is 12.1 Å². The van der Waals surface area contributed by atoms with Crippen molar-refractivity contribution < 1.29 is 17.9 Å². The number of hydrogen-bond donors (Lipinski definition) is 1. The highest BCUT2D eigenvalue weighted by atomic mass is 19.4. The predicted octanol–water partition coefficient (Wildman–Crippen LogP) is 2.75. The molecule has 0 bridgehead atoms. The first-order valence-electron chi connectivity index (χ1n) is 5.91. The van der Waals surface area contributed by atoms with E-state index < -0.39 is 11.9 Å². The van der Waals surface area contributed by atoms with Crippen LogP contribution in [-0.4, -0.2) is 17.1 Å². The fraction of sp³-hybridized carbons (Fsp3) is 0.583. The van der Waals surface area contributed by atoms with Gasteiger partial charge >= 0.3 is 6.18 Å². The lowest BCUT2D eigenvalue weighted by Crippen LogP contribution is -2.31. The molecule has 6 heteroatoms. The number of halogens is 3. The van der Waals surface area contributed by atoms with Crippen molar-refractivity contribution >= 4 is 0 Å². The molecule has 100 valence electrons. The molecule has 0 atom stereocenters. The molecule has 0 radical (unpaired) electrons. The Morgan fingerprint density at radius 3 is 2.44 bits per heavy atom. The van der Waals surface area contributed by atoms with Crippen LogP contribution in [0.1, 0.15) is 31.4 Å². The molecule has 0 aliphatic heterocycles. The van der Waals surface area contributed by atoms with Crippen LogP contribution >= 0.6 is 0 Å². The van der Waals surface area contributed by atoms with Gasteiger partial charge < -0.3 is 10.5 Å². The summed E-state index contributed by atoms with van der Waals surface area (Å²) in [5.74, 6) is 0.0327. The molecule has 1 fully saturated rings. The molecule has 18 heavy (non-hydrogen) atoms. The van der Waals surface area contributed by atoms with Gasteiger partial charge in [-0.1, -0.05) is 6.07 Å². The molecule has 1 aromatic heterocycles. The average molecular weight is 260 g/mol. The van der Waals surface area contributed by atoms with Crippen molar-refractivity contribution in [3.63, 3.8) is 0 Å². The topological polar surface area (TPSA) is 48.1 Å². The Labute approximate surface area is 103 Å². The van der Waals surface area contributed by atoms with Crippen molar-refractivity contribution in [2.24, 2.45) is 5.73 Å². The van der Waals surface area contributed by atoms with E-state index in [1.807, 2.05) is 0 Å². The van der Waals surface area contributed by atoms with Crippen LogP contribution in [-0.2, 0) is 6.18 Å². The summed E-state index contributed by atoms with van der Waals surface area (Å²) in [4.78, 5) is 3.48. The van der Waals surface area contributed by atoms with Crippen molar-refractivity contribution in [2.45, 2.75) is 44.0 Å². The summed E-state index contributed by atoms with van der Waals surface area (Å²) in [6.45, 7) is 0. The van der Waals surface area contributed by atoms with Gasteiger partial charge in [0.25, 0.3) is 0 Å². The Balaban J connectivity index is 2.01. The molecule has 0 aromatic carbocycles. The minimum absolute atomic E-state index is 0.0327. The normalized spacial score (nSPS) is 24.9. The predicted molar refractivity (Wildman–Crippen MR) is 60.1 cm³/mol. The van der Waals surface area contributed by atoms with Gasteiger partial charge in [-0.3, -0.25) is 0 Å². The number of ether oxygens (including phenoxy) is 1. The maximum atomic E-state index is 12.5. The average Bonchev–Trinajstić information content (AvgIpc) is 2.31. The number of aromatic nitrogens is 1. The van der Waals surface area contributed by atoms with Gasteiger partial charge in [0.15, 0.2) is 0 Å². The molecule has 2 rings (SSSR count). The molecule has 1 aromatic rings. The van der Waals surface area contributed by atoms with Crippen LogP contribution in [0.3, 0.4) is 0 Å². The first-order valence-corrected chi connectivity index (χ1v) is 5.91. The van der Waals surface area contributed by atoms with E-state index >= 15 is 0 Å². The summed E-state index contributed by atoms with van der Waals surface area (Å²) in [5.41, 5.74) is 4.83. The van der Waals surface area contributed by atoms with Crippen LogP contribution in [0.2, 0.25) is 0 Å². The molecule has 2 N–H and O–H groups in total. The molecule has 1 aliphatic rings. The second-order valence-corrected chi connectivity index (χ2v) is 4.51. The summed E-state index contributed by atoms with van der Waals surface area (Å²) >= 11 is 0. The summed E-state index contributed by atoms with van der Waals surface area (Å²) < 4.78 is 42.9. The molecule has 0 saturated heterocycles. The van der Waals surface area contributed by atoms with Crippen LogP contribution in [0, 0.1) is 0 Å². The van der Waals surface area contributed by atoms with E-state index in [0.29, 0.717) is 0 Å². The van der Waals surface area contributed by atoms with Gasteiger partial charge in [0.05, 0.1) is 0 Å². The van der Waals surface area contributed by atoms with Crippen LogP contribution in [0.25, 0.3) is 0 Å². The first kappa shape index (κ1) is 13.1. The zero-order valence-electron chi connectivity index (χ0n) is 9.78. The third kappa shape index (κ3) is 3.35.